The molecule has 0 aliphatic rings. The van der Waals surface area contributed by atoms with Crippen molar-refractivity contribution in [1.82, 2.24) is 10.3 Å². The van der Waals surface area contributed by atoms with Gasteiger partial charge in [0, 0.05) is 24.9 Å². The minimum atomic E-state index is -0.177. The molecule has 0 amide bonds. The molecule has 1 atom stereocenters. The molecule has 0 fully saturated rings. The molecule has 0 radical (unpaired) electrons. The van der Waals surface area contributed by atoms with E-state index in [9.17, 15) is 4.79 Å². The number of hydrogen-bond acceptors (Lipinski definition) is 4. The number of nitrogens with zero attached hydrogens (tertiary/aromatic N) is 1. The van der Waals surface area contributed by atoms with Gasteiger partial charge in [0.25, 0.3) is 0 Å². The van der Waals surface area contributed by atoms with Crippen LogP contribution >= 0.6 is 0 Å². The Morgan fingerprint density at radius 1 is 1.53 bits per heavy atom. The van der Waals surface area contributed by atoms with Crippen molar-refractivity contribution in [3.63, 3.8) is 0 Å². The molecule has 0 aromatic carbocycles. The first-order valence-electron chi connectivity index (χ1n) is 4.92. The van der Waals surface area contributed by atoms with Crippen LogP contribution in [0.15, 0.2) is 24.5 Å². The third kappa shape index (κ3) is 3.67. The molecule has 0 saturated carbocycles. The van der Waals surface area contributed by atoms with Crippen LogP contribution in [0.4, 0.5) is 0 Å². The van der Waals surface area contributed by atoms with Crippen molar-refractivity contribution in [3.05, 3.63) is 30.1 Å². The van der Waals surface area contributed by atoms with Gasteiger partial charge in [-0.1, -0.05) is 0 Å². The van der Waals surface area contributed by atoms with E-state index in [0.29, 0.717) is 6.42 Å². The summed E-state index contributed by atoms with van der Waals surface area (Å²) in [5, 5.41) is 3.16. The van der Waals surface area contributed by atoms with E-state index in [4.69, 9.17) is 0 Å². The average molecular weight is 208 g/mol. The third-order valence-electron chi connectivity index (χ3n) is 2.32. The van der Waals surface area contributed by atoms with Gasteiger partial charge < -0.3 is 10.1 Å². The Labute approximate surface area is 89.7 Å². The first-order valence-corrected chi connectivity index (χ1v) is 4.92. The van der Waals surface area contributed by atoms with Crippen molar-refractivity contribution in [1.29, 1.82) is 0 Å². The molecule has 4 nitrogen and oxygen atoms in total. The van der Waals surface area contributed by atoms with Gasteiger partial charge in [-0.2, -0.15) is 0 Å². The fraction of sp³-hybridized carbons (Fsp3) is 0.455. The highest BCUT2D eigenvalue weighted by molar-refractivity contribution is 5.69. The van der Waals surface area contributed by atoms with E-state index in [2.05, 4.69) is 15.0 Å². The van der Waals surface area contributed by atoms with Crippen LogP contribution in [0.5, 0.6) is 0 Å². The molecule has 15 heavy (non-hydrogen) atoms. The second-order valence-corrected chi connectivity index (χ2v) is 3.24. The van der Waals surface area contributed by atoms with Gasteiger partial charge in [0.2, 0.25) is 0 Å². The average Bonchev–Trinajstić information content (AvgIpc) is 2.31. The second-order valence-electron chi connectivity index (χ2n) is 3.24. The molecule has 1 heterocycles. The summed E-state index contributed by atoms with van der Waals surface area (Å²) in [5.41, 5.74) is 1.14. The number of methoxy groups -OCH3 is 1. The van der Waals surface area contributed by atoms with Gasteiger partial charge in [0.05, 0.1) is 7.11 Å². The number of pyridine rings is 1. The summed E-state index contributed by atoms with van der Waals surface area (Å²) in [4.78, 5) is 15.0. The zero-order valence-corrected chi connectivity index (χ0v) is 9.06. The predicted octanol–water partition coefficient (Wildman–Crippen LogP) is 1.30. The molecule has 1 aromatic rings. The maximum atomic E-state index is 11.0. The van der Waals surface area contributed by atoms with Crippen LogP contribution in [0.1, 0.15) is 24.4 Å². The third-order valence-corrected chi connectivity index (χ3v) is 2.32. The Bertz CT molecular complexity index is 301. The summed E-state index contributed by atoms with van der Waals surface area (Å²) in [6, 6.07) is 4.06. The maximum Gasteiger partial charge on any atom is 0.305 e. The zero-order chi connectivity index (χ0) is 11.1. The minimum absolute atomic E-state index is 0.173. The van der Waals surface area contributed by atoms with E-state index in [0.717, 1.165) is 12.0 Å². The van der Waals surface area contributed by atoms with Crippen molar-refractivity contribution >= 4 is 5.97 Å². The molecule has 0 aliphatic heterocycles. The second kappa shape index (κ2) is 6.14. The Morgan fingerprint density at radius 3 is 2.73 bits per heavy atom. The number of carbonyl (C=O) groups is 1. The number of esters is 1. The van der Waals surface area contributed by atoms with Gasteiger partial charge in [-0.3, -0.25) is 9.78 Å². The van der Waals surface area contributed by atoms with Crippen molar-refractivity contribution < 1.29 is 9.53 Å². The van der Waals surface area contributed by atoms with E-state index < -0.39 is 0 Å². The monoisotopic (exact) mass is 208 g/mol. The predicted molar refractivity (Wildman–Crippen MR) is 57.3 cm³/mol. The molecule has 1 unspecified atom stereocenters. The molecule has 4 heteroatoms. The molecule has 0 bridgehead atoms. The van der Waals surface area contributed by atoms with Crippen LogP contribution in [-0.4, -0.2) is 25.1 Å². The lowest BCUT2D eigenvalue weighted by Crippen LogP contribution is -2.17. The Morgan fingerprint density at radius 2 is 2.20 bits per heavy atom. The maximum absolute atomic E-state index is 11.0. The molecular weight excluding hydrogens is 192 g/mol. The van der Waals surface area contributed by atoms with Crippen LogP contribution in [0.25, 0.3) is 0 Å². The molecule has 1 aromatic heterocycles. The normalized spacial score (nSPS) is 12.1. The van der Waals surface area contributed by atoms with E-state index >= 15 is 0 Å². The van der Waals surface area contributed by atoms with Crippen molar-refractivity contribution in [2.24, 2.45) is 0 Å². The molecule has 82 valence electrons. The minimum Gasteiger partial charge on any atom is -0.469 e. The fourth-order valence-electron chi connectivity index (χ4n) is 1.44. The summed E-state index contributed by atoms with van der Waals surface area (Å²) in [6.07, 6.45) is 4.65. The molecule has 1 rings (SSSR count). The lowest BCUT2D eigenvalue weighted by atomic mass is 10.0. The van der Waals surface area contributed by atoms with Gasteiger partial charge in [-0.15, -0.1) is 0 Å². The number of aromatic nitrogens is 1. The molecular formula is C11H16N2O2. The standard InChI is InChI=1S/C11H16N2O2/c1-12-10(3-4-11(14)15-2)9-5-7-13-8-6-9/h5-8,10,12H,3-4H2,1-2H3. The summed E-state index contributed by atoms with van der Waals surface area (Å²) in [5.74, 6) is -0.177. The Balaban J connectivity index is 2.53. The lowest BCUT2D eigenvalue weighted by molar-refractivity contribution is -0.140. The van der Waals surface area contributed by atoms with E-state index in [-0.39, 0.29) is 12.0 Å². The van der Waals surface area contributed by atoms with E-state index in [1.807, 2.05) is 19.2 Å². The number of ether oxygens (including phenoxy) is 1. The van der Waals surface area contributed by atoms with Crippen molar-refractivity contribution in [2.75, 3.05) is 14.2 Å². The highest BCUT2D eigenvalue weighted by Gasteiger charge is 2.11. The number of rotatable bonds is 5. The fourth-order valence-corrected chi connectivity index (χ4v) is 1.44. The smallest absolute Gasteiger partial charge is 0.305 e. The number of carbonyl (C=O) groups excluding carboxylic acids is 1. The van der Waals surface area contributed by atoms with Crippen LogP contribution < -0.4 is 5.32 Å². The van der Waals surface area contributed by atoms with Crippen LogP contribution in [0.3, 0.4) is 0 Å². The Kier molecular flexibility index (Phi) is 4.77. The van der Waals surface area contributed by atoms with E-state index in [1.54, 1.807) is 12.4 Å². The van der Waals surface area contributed by atoms with Gasteiger partial charge in [0.1, 0.15) is 0 Å². The van der Waals surface area contributed by atoms with Gasteiger partial charge in [-0.05, 0) is 31.2 Å². The van der Waals surface area contributed by atoms with Crippen LogP contribution in [0, 0.1) is 0 Å². The first kappa shape index (κ1) is 11.7. The highest BCUT2D eigenvalue weighted by atomic mass is 16.5. The summed E-state index contributed by atoms with van der Waals surface area (Å²) in [6.45, 7) is 0. The van der Waals surface area contributed by atoms with Crippen LogP contribution in [0.2, 0.25) is 0 Å². The van der Waals surface area contributed by atoms with Gasteiger partial charge >= 0.3 is 5.97 Å². The lowest BCUT2D eigenvalue weighted by Gasteiger charge is -2.15. The quantitative estimate of drug-likeness (QED) is 0.741. The number of hydrogen-bond donors (Lipinski definition) is 1. The zero-order valence-electron chi connectivity index (χ0n) is 9.06. The Hall–Kier alpha value is -1.42. The van der Waals surface area contributed by atoms with Crippen molar-refractivity contribution in [2.45, 2.75) is 18.9 Å². The summed E-state index contributed by atoms with van der Waals surface area (Å²) < 4.78 is 4.60. The number of nitrogens with one attached hydrogen (secondary N) is 1. The topological polar surface area (TPSA) is 51.2 Å². The summed E-state index contributed by atoms with van der Waals surface area (Å²) >= 11 is 0. The van der Waals surface area contributed by atoms with Crippen molar-refractivity contribution in [3.8, 4) is 0 Å². The molecule has 0 aliphatic carbocycles. The SMILES string of the molecule is CNC(CCC(=O)OC)c1ccncc1. The van der Waals surface area contributed by atoms with Gasteiger partial charge in [-0.25, -0.2) is 0 Å². The molecule has 0 saturated heterocycles. The largest absolute Gasteiger partial charge is 0.469 e. The van der Waals surface area contributed by atoms with E-state index in [1.165, 1.54) is 7.11 Å². The molecule has 0 spiro atoms. The van der Waals surface area contributed by atoms with Crippen LogP contribution in [-0.2, 0) is 9.53 Å². The summed E-state index contributed by atoms with van der Waals surface area (Å²) in [7, 11) is 3.28. The molecule has 1 N–H and O–H groups in total. The van der Waals surface area contributed by atoms with Gasteiger partial charge in [0.15, 0.2) is 0 Å². The highest BCUT2D eigenvalue weighted by Crippen LogP contribution is 2.16. The first-order chi connectivity index (χ1) is 7.27.